The first-order valence-corrected chi connectivity index (χ1v) is 6.06. The van der Waals surface area contributed by atoms with Gasteiger partial charge in [-0.15, -0.1) is 0 Å². The van der Waals surface area contributed by atoms with Crippen molar-refractivity contribution in [3.8, 4) is 0 Å². The largest absolute Gasteiger partial charge is 0.484 e. The molecule has 2 aliphatic carbocycles. The van der Waals surface area contributed by atoms with Gasteiger partial charge in [-0.05, 0) is 33.3 Å². The van der Waals surface area contributed by atoms with E-state index in [0.717, 1.165) is 5.90 Å². The Balaban J connectivity index is 2.34. The molecule has 2 nitrogen and oxygen atoms in total. The molecule has 0 bridgehead atoms. The highest BCUT2D eigenvalue weighted by atomic mass is 16.5. The van der Waals surface area contributed by atoms with E-state index in [9.17, 15) is 0 Å². The van der Waals surface area contributed by atoms with Crippen LogP contribution in [-0.4, -0.2) is 18.5 Å². The number of hydrogen-bond donors (Lipinski definition) is 0. The minimum Gasteiger partial charge on any atom is -0.484 e. The van der Waals surface area contributed by atoms with Gasteiger partial charge in [0.2, 0.25) is 0 Å². The maximum Gasteiger partial charge on any atom is 0.191 e. The summed E-state index contributed by atoms with van der Waals surface area (Å²) in [5.41, 5.74) is 3.48. The molecule has 1 aliphatic heterocycles. The van der Waals surface area contributed by atoms with Gasteiger partial charge in [0, 0.05) is 10.8 Å². The lowest BCUT2D eigenvalue weighted by Crippen LogP contribution is -2.32. The monoisotopic (exact) mass is 219 g/mol. The molecule has 2 heteroatoms. The topological polar surface area (TPSA) is 21.6 Å². The van der Waals surface area contributed by atoms with E-state index in [1.165, 1.54) is 11.1 Å². The van der Waals surface area contributed by atoms with Gasteiger partial charge in [-0.3, -0.25) is 0 Å². The predicted molar refractivity (Wildman–Crippen MR) is 65.5 cm³/mol. The summed E-state index contributed by atoms with van der Waals surface area (Å²) in [6, 6.07) is 0. The fraction of sp³-hybridized carbons (Fsp3) is 0.786. The van der Waals surface area contributed by atoms with Crippen LogP contribution in [0.5, 0.6) is 0 Å². The van der Waals surface area contributed by atoms with Crippen molar-refractivity contribution < 1.29 is 4.74 Å². The zero-order valence-corrected chi connectivity index (χ0v) is 11.4. The average Bonchev–Trinajstić information content (AvgIpc) is 2.53. The minimum absolute atomic E-state index is 0.0497. The van der Waals surface area contributed by atoms with E-state index in [-0.39, 0.29) is 21.8 Å². The fourth-order valence-electron chi connectivity index (χ4n) is 5.15. The van der Waals surface area contributed by atoms with E-state index in [1.54, 1.807) is 7.11 Å². The molecule has 0 amide bonds. The van der Waals surface area contributed by atoms with Crippen LogP contribution < -0.4 is 0 Å². The summed E-state index contributed by atoms with van der Waals surface area (Å²) >= 11 is 0. The molecule has 0 aromatic heterocycles. The molecule has 88 valence electrons. The molecular weight excluding hydrogens is 198 g/mol. The van der Waals surface area contributed by atoms with Gasteiger partial charge in [0.1, 0.15) is 0 Å². The molecule has 16 heavy (non-hydrogen) atoms. The highest BCUT2D eigenvalue weighted by Gasteiger charge is 2.94. The minimum atomic E-state index is -0.0497. The Kier molecular flexibility index (Phi) is 1.37. The van der Waals surface area contributed by atoms with Crippen LogP contribution in [0.1, 0.15) is 41.5 Å². The van der Waals surface area contributed by atoms with Crippen LogP contribution >= 0.6 is 0 Å². The van der Waals surface area contributed by atoms with Crippen LogP contribution in [0.25, 0.3) is 0 Å². The van der Waals surface area contributed by atoms with Gasteiger partial charge < -0.3 is 4.74 Å². The Labute approximate surface area is 97.8 Å². The van der Waals surface area contributed by atoms with Crippen molar-refractivity contribution in [1.82, 2.24) is 0 Å². The molecule has 3 aliphatic rings. The molecule has 0 N–H and O–H groups in total. The number of hydrogen-bond acceptors (Lipinski definition) is 2. The molecule has 1 saturated carbocycles. The number of aliphatic imine (C=N–C) groups is 1. The van der Waals surface area contributed by atoms with Crippen molar-refractivity contribution in [2.24, 2.45) is 21.2 Å². The molecule has 3 rings (SSSR count). The summed E-state index contributed by atoms with van der Waals surface area (Å²) in [6.45, 7) is 13.9. The lowest BCUT2D eigenvalue weighted by atomic mass is 9.78. The van der Waals surface area contributed by atoms with Crippen LogP contribution in [-0.2, 0) is 4.74 Å². The summed E-state index contributed by atoms with van der Waals surface area (Å²) in [5, 5.41) is 0. The maximum absolute atomic E-state index is 5.56. The zero-order valence-electron chi connectivity index (χ0n) is 11.4. The van der Waals surface area contributed by atoms with Crippen LogP contribution in [0.15, 0.2) is 16.1 Å². The highest BCUT2D eigenvalue weighted by molar-refractivity contribution is 5.96. The number of fused-ring (bicyclic) bond motifs is 1. The van der Waals surface area contributed by atoms with Crippen LogP contribution in [0.4, 0.5) is 0 Å². The van der Waals surface area contributed by atoms with Gasteiger partial charge >= 0.3 is 0 Å². The van der Waals surface area contributed by atoms with Gasteiger partial charge in [0.25, 0.3) is 0 Å². The molecule has 0 radical (unpaired) electrons. The van der Waals surface area contributed by atoms with E-state index < -0.39 is 0 Å². The van der Waals surface area contributed by atoms with Crippen molar-refractivity contribution in [2.75, 3.05) is 7.11 Å². The summed E-state index contributed by atoms with van der Waals surface area (Å²) in [7, 11) is 1.75. The average molecular weight is 219 g/mol. The third-order valence-corrected chi connectivity index (χ3v) is 6.90. The van der Waals surface area contributed by atoms with Gasteiger partial charge in [-0.1, -0.05) is 19.4 Å². The normalized spacial score (nSPS) is 57.6. The van der Waals surface area contributed by atoms with Crippen LogP contribution in [0, 0.1) is 16.2 Å². The smallest absolute Gasteiger partial charge is 0.191 e. The first kappa shape index (κ1) is 10.4. The first-order valence-electron chi connectivity index (χ1n) is 6.06. The fourth-order valence-corrected chi connectivity index (χ4v) is 5.15. The van der Waals surface area contributed by atoms with Crippen molar-refractivity contribution in [1.29, 1.82) is 0 Å². The van der Waals surface area contributed by atoms with Gasteiger partial charge in [-0.2, -0.15) is 0 Å². The van der Waals surface area contributed by atoms with Crippen molar-refractivity contribution in [3.05, 3.63) is 11.1 Å². The molecule has 0 spiro atoms. The third kappa shape index (κ3) is 0.509. The van der Waals surface area contributed by atoms with Gasteiger partial charge in [-0.25, -0.2) is 4.99 Å². The van der Waals surface area contributed by atoms with Gasteiger partial charge in [0.15, 0.2) is 5.90 Å². The second-order valence-electron chi connectivity index (χ2n) is 6.32. The highest BCUT2D eigenvalue weighted by Crippen LogP contribution is 2.92. The zero-order chi connectivity index (χ0) is 12.1. The Hall–Kier alpha value is -0.790. The molecule has 0 unspecified atom stereocenters. The van der Waals surface area contributed by atoms with E-state index in [4.69, 9.17) is 9.73 Å². The number of nitrogens with zero attached hydrogens (tertiary/aromatic N) is 1. The Morgan fingerprint density at radius 2 is 1.50 bits per heavy atom. The summed E-state index contributed by atoms with van der Waals surface area (Å²) in [6.07, 6.45) is 0. The first-order chi connectivity index (χ1) is 7.23. The number of ether oxygens (including phenoxy) is 1. The standard InChI is InChI=1S/C14H21NO/c1-8-9(2)13(5)14(6)11(8,3)12(14,4)10(15-13)16-7/h1-7H3/t11-,12-,13+,14-/m0/s1. The lowest BCUT2D eigenvalue weighted by molar-refractivity contribution is 0.317. The van der Waals surface area contributed by atoms with E-state index in [1.807, 2.05) is 0 Å². The quantitative estimate of drug-likeness (QED) is 0.573. The van der Waals surface area contributed by atoms with Crippen molar-refractivity contribution in [3.63, 3.8) is 0 Å². The SMILES string of the molecule is COC1=N[C@]2(C)C(C)=C(C)[C@@]3(C)[C@@]1(C)[C@]32C. The number of methoxy groups -OCH3 is 1. The molecular formula is C14H21NO. The predicted octanol–water partition coefficient (Wildman–Crippen LogP) is 3.19. The van der Waals surface area contributed by atoms with Crippen molar-refractivity contribution >= 4 is 5.90 Å². The summed E-state index contributed by atoms with van der Waals surface area (Å²) < 4.78 is 5.56. The lowest BCUT2D eigenvalue weighted by Gasteiger charge is -2.28. The maximum atomic E-state index is 5.56. The van der Waals surface area contributed by atoms with E-state index in [2.05, 4.69) is 41.5 Å². The third-order valence-electron chi connectivity index (χ3n) is 6.90. The van der Waals surface area contributed by atoms with Gasteiger partial charge in [0.05, 0.1) is 18.1 Å². The molecule has 1 heterocycles. The number of rotatable bonds is 0. The molecule has 0 aromatic carbocycles. The summed E-state index contributed by atoms with van der Waals surface area (Å²) in [5.74, 6) is 0.955. The Morgan fingerprint density at radius 1 is 0.938 bits per heavy atom. The number of allylic oxidation sites excluding steroid dienone is 1. The molecule has 1 fully saturated rings. The van der Waals surface area contributed by atoms with E-state index in [0.29, 0.717) is 0 Å². The molecule has 0 aromatic rings. The molecule has 0 saturated heterocycles. The Morgan fingerprint density at radius 3 is 1.88 bits per heavy atom. The Bertz CT molecular complexity index is 477. The van der Waals surface area contributed by atoms with Crippen LogP contribution in [0.2, 0.25) is 0 Å². The van der Waals surface area contributed by atoms with E-state index >= 15 is 0 Å². The van der Waals surface area contributed by atoms with Crippen molar-refractivity contribution in [2.45, 2.75) is 47.1 Å². The molecule has 4 atom stereocenters. The van der Waals surface area contributed by atoms with Crippen LogP contribution in [0.3, 0.4) is 0 Å². The summed E-state index contributed by atoms with van der Waals surface area (Å²) in [4.78, 5) is 4.89. The second-order valence-corrected chi connectivity index (χ2v) is 6.32. The second kappa shape index (κ2) is 2.12.